The van der Waals surface area contributed by atoms with Gasteiger partial charge in [-0.3, -0.25) is 9.32 Å². The quantitative estimate of drug-likeness (QED) is 0.445. The molecule has 0 amide bonds. The number of carbonyl (C=O) groups excluding carboxylic acids is 1. The van der Waals surface area contributed by atoms with Gasteiger partial charge in [-0.1, -0.05) is 48.5 Å². The second-order valence-corrected chi connectivity index (χ2v) is 11.0. The first-order valence-electron chi connectivity index (χ1n) is 11.5. The zero-order valence-electron chi connectivity index (χ0n) is 19.1. The molecular formula is C25H29O8P. The average molecular weight is 488 g/mol. The lowest BCUT2D eigenvalue weighted by Gasteiger charge is -2.23. The number of hydrogen-bond acceptors (Lipinski definition) is 6. The van der Waals surface area contributed by atoms with Crippen LogP contribution in [-0.2, 0) is 28.1 Å². The van der Waals surface area contributed by atoms with Gasteiger partial charge in [0, 0.05) is 11.8 Å². The van der Waals surface area contributed by atoms with Crippen molar-refractivity contribution in [3.63, 3.8) is 0 Å². The molecule has 182 valence electrons. The molecule has 1 saturated heterocycles. The third kappa shape index (κ3) is 4.71. The van der Waals surface area contributed by atoms with Crippen molar-refractivity contribution in [3.8, 4) is 11.1 Å². The zero-order chi connectivity index (χ0) is 24.1. The van der Waals surface area contributed by atoms with E-state index in [0.29, 0.717) is 6.42 Å². The Morgan fingerprint density at radius 1 is 0.971 bits per heavy atom. The summed E-state index contributed by atoms with van der Waals surface area (Å²) < 4.78 is 33.7. The molecule has 2 fully saturated rings. The second kappa shape index (κ2) is 8.86. The molecule has 4 atom stereocenters. The van der Waals surface area contributed by atoms with Crippen LogP contribution in [0.2, 0.25) is 0 Å². The number of rotatable bonds is 7. The van der Waals surface area contributed by atoms with Gasteiger partial charge in [-0.15, -0.1) is 0 Å². The smallest absolute Gasteiger partial charge is 0.465 e. The average Bonchev–Trinajstić information content (AvgIpc) is 3.38. The van der Waals surface area contributed by atoms with Gasteiger partial charge < -0.3 is 24.0 Å². The molecule has 0 radical (unpaired) electrons. The Balaban J connectivity index is 1.24. The van der Waals surface area contributed by atoms with Gasteiger partial charge in [-0.25, -0.2) is 4.57 Å². The van der Waals surface area contributed by atoms with Crippen molar-refractivity contribution in [3.05, 3.63) is 59.7 Å². The molecule has 1 aliphatic heterocycles. The molecule has 1 saturated carbocycles. The lowest BCUT2D eigenvalue weighted by Crippen LogP contribution is -2.28. The van der Waals surface area contributed by atoms with Crippen LogP contribution in [0.25, 0.3) is 11.1 Å². The summed E-state index contributed by atoms with van der Waals surface area (Å²) in [7, 11) is -4.60. The number of fused-ring (bicyclic) bond motifs is 4. The zero-order valence-corrected chi connectivity index (χ0v) is 20.0. The Morgan fingerprint density at radius 3 is 2.12 bits per heavy atom. The van der Waals surface area contributed by atoms with E-state index >= 15 is 0 Å². The highest BCUT2D eigenvalue weighted by atomic mass is 31.2. The third-order valence-corrected chi connectivity index (χ3v) is 7.44. The van der Waals surface area contributed by atoms with E-state index in [1.54, 1.807) is 13.8 Å². The Bertz CT molecular complexity index is 1080. The SMILES string of the molecule is CC1(C)O[C@@H]2[C@@H](COP(=O)(O)O)C[C@@H](CC(=O)OCC3c4ccccc4-c4ccccc43)[C@@H]2O1. The summed E-state index contributed by atoms with van der Waals surface area (Å²) in [5.74, 6) is -1.65. The third-order valence-electron chi connectivity index (χ3n) is 6.96. The monoisotopic (exact) mass is 488 g/mol. The van der Waals surface area contributed by atoms with Crippen LogP contribution >= 0.6 is 7.82 Å². The minimum absolute atomic E-state index is 0.0120. The van der Waals surface area contributed by atoms with E-state index in [9.17, 15) is 9.36 Å². The van der Waals surface area contributed by atoms with Crippen LogP contribution in [0.5, 0.6) is 0 Å². The van der Waals surface area contributed by atoms with Gasteiger partial charge in [0.05, 0.1) is 25.2 Å². The highest BCUT2D eigenvalue weighted by molar-refractivity contribution is 7.46. The van der Waals surface area contributed by atoms with Gasteiger partial charge in [0.25, 0.3) is 0 Å². The summed E-state index contributed by atoms with van der Waals surface area (Å²) in [4.78, 5) is 31.1. The Morgan fingerprint density at radius 2 is 1.53 bits per heavy atom. The lowest BCUT2D eigenvalue weighted by atomic mass is 9.98. The standard InChI is InChI=1S/C25H29O8P/c1-25(2)32-23-15(11-16(24(23)33-25)13-31-34(27,28)29)12-22(26)30-14-21-19-9-5-3-7-17(19)18-8-4-6-10-20(18)21/h3-10,15-16,21,23-24H,11-14H2,1-2H3,(H2,27,28,29)/t15-,16+,23-,24+/m0/s1. The number of phosphoric ester groups is 1. The van der Waals surface area contributed by atoms with Crippen LogP contribution in [0.1, 0.15) is 43.7 Å². The predicted octanol–water partition coefficient (Wildman–Crippen LogP) is 4.00. The summed E-state index contributed by atoms with van der Waals surface area (Å²) in [6, 6.07) is 16.4. The van der Waals surface area contributed by atoms with Crippen LogP contribution < -0.4 is 0 Å². The fraction of sp³-hybridized carbons (Fsp3) is 0.480. The number of phosphoric acid groups is 1. The minimum Gasteiger partial charge on any atom is -0.465 e. The number of ether oxygens (including phenoxy) is 3. The Labute approximate surface area is 198 Å². The molecule has 5 rings (SSSR count). The molecule has 0 unspecified atom stereocenters. The molecule has 9 heteroatoms. The Hall–Kier alpha value is -2.06. The van der Waals surface area contributed by atoms with Crippen molar-refractivity contribution in [2.75, 3.05) is 13.2 Å². The van der Waals surface area contributed by atoms with Crippen LogP contribution in [0, 0.1) is 11.8 Å². The molecular weight excluding hydrogens is 459 g/mol. The molecule has 2 aromatic carbocycles. The molecule has 2 N–H and O–H groups in total. The van der Waals surface area contributed by atoms with Gasteiger partial charge >= 0.3 is 13.8 Å². The minimum atomic E-state index is -4.60. The number of benzene rings is 2. The molecule has 8 nitrogen and oxygen atoms in total. The first-order valence-corrected chi connectivity index (χ1v) is 13.0. The number of carbonyl (C=O) groups is 1. The molecule has 3 aliphatic rings. The summed E-state index contributed by atoms with van der Waals surface area (Å²) in [5.41, 5.74) is 4.65. The molecule has 34 heavy (non-hydrogen) atoms. The fourth-order valence-electron chi connectivity index (χ4n) is 5.65. The largest absolute Gasteiger partial charge is 0.469 e. The first kappa shape index (κ1) is 23.7. The summed E-state index contributed by atoms with van der Waals surface area (Å²) in [5, 5.41) is 0. The second-order valence-electron chi connectivity index (χ2n) is 9.72. The summed E-state index contributed by atoms with van der Waals surface area (Å²) >= 11 is 0. The lowest BCUT2D eigenvalue weighted by molar-refractivity contribution is -0.166. The normalized spacial score (nSPS) is 27.3. The fourth-order valence-corrected chi connectivity index (χ4v) is 6.03. The maximum atomic E-state index is 12.9. The van der Waals surface area contributed by atoms with Crippen LogP contribution in [0.15, 0.2) is 48.5 Å². The van der Waals surface area contributed by atoms with Crippen LogP contribution in [-0.4, -0.2) is 47.0 Å². The highest BCUT2D eigenvalue weighted by Crippen LogP contribution is 2.48. The molecule has 0 aromatic heterocycles. The van der Waals surface area contributed by atoms with Crippen molar-refractivity contribution in [1.82, 2.24) is 0 Å². The van der Waals surface area contributed by atoms with E-state index in [1.165, 1.54) is 11.1 Å². The molecule has 2 aromatic rings. The van der Waals surface area contributed by atoms with E-state index < -0.39 is 19.7 Å². The van der Waals surface area contributed by atoms with Gasteiger partial charge in [0.1, 0.15) is 6.61 Å². The van der Waals surface area contributed by atoms with Gasteiger partial charge in [0.15, 0.2) is 5.79 Å². The van der Waals surface area contributed by atoms with E-state index in [-0.39, 0.29) is 49.5 Å². The molecule has 0 bridgehead atoms. The number of esters is 1. The van der Waals surface area contributed by atoms with E-state index in [1.807, 2.05) is 24.3 Å². The van der Waals surface area contributed by atoms with Crippen LogP contribution in [0.3, 0.4) is 0 Å². The van der Waals surface area contributed by atoms with Gasteiger partial charge in [0.2, 0.25) is 0 Å². The van der Waals surface area contributed by atoms with E-state index in [0.717, 1.165) is 11.1 Å². The van der Waals surface area contributed by atoms with Gasteiger partial charge in [-0.05, 0) is 48.4 Å². The first-order chi connectivity index (χ1) is 16.1. The highest BCUT2D eigenvalue weighted by Gasteiger charge is 2.54. The van der Waals surface area contributed by atoms with E-state index in [4.69, 9.17) is 28.5 Å². The van der Waals surface area contributed by atoms with Gasteiger partial charge in [-0.2, -0.15) is 0 Å². The topological polar surface area (TPSA) is 112 Å². The van der Waals surface area contributed by atoms with Crippen LogP contribution in [0.4, 0.5) is 0 Å². The van der Waals surface area contributed by atoms with Crippen molar-refractivity contribution >= 4 is 13.8 Å². The van der Waals surface area contributed by atoms with Crippen molar-refractivity contribution in [2.45, 2.75) is 50.6 Å². The van der Waals surface area contributed by atoms with Crippen molar-refractivity contribution in [2.24, 2.45) is 11.8 Å². The van der Waals surface area contributed by atoms with E-state index in [2.05, 4.69) is 24.3 Å². The Kier molecular flexibility index (Phi) is 6.17. The van der Waals surface area contributed by atoms with Crippen molar-refractivity contribution < 1.29 is 37.9 Å². The summed E-state index contributed by atoms with van der Waals surface area (Å²) in [6.07, 6.45) is -0.118. The maximum Gasteiger partial charge on any atom is 0.469 e. The van der Waals surface area contributed by atoms with Crippen molar-refractivity contribution in [1.29, 1.82) is 0 Å². The summed E-state index contributed by atoms with van der Waals surface area (Å²) in [6.45, 7) is 3.67. The molecule has 2 aliphatic carbocycles. The molecule has 1 heterocycles. The predicted molar refractivity (Wildman–Crippen MR) is 123 cm³/mol. The molecule has 0 spiro atoms. The maximum absolute atomic E-state index is 12.9. The number of hydrogen-bond donors (Lipinski definition) is 2.